The van der Waals surface area contributed by atoms with E-state index < -0.39 is 17.4 Å². The van der Waals surface area contributed by atoms with Gasteiger partial charge in [-0.15, -0.1) is 0 Å². The highest BCUT2D eigenvalue weighted by molar-refractivity contribution is 5.93. The van der Waals surface area contributed by atoms with Crippen molar-refractivity contribution in [3.8, 4) is 11.5 Å². The smallest absolute Gasteiger partial charge is 0.305 e. The second-order valence-electron chi connectivity index (χ2n) is 5.47. The standard InChI is InChI=1S/C15H16N2O6/c18-13(19)9-15(3-6-21-7-4-15)16-14(20)10-8-12(23-17-10)11-2-1-5-22-11/h1-2,5,8H,3-4,6-7,9H2,(H,16,20)(H,18,19). The number of furan rings is 1. The molecule has 8 heteroatoms. The number of carbonyl (C=O) groups is 2. The Morgan fingerprint density at radius 2 is 2.09 bits per heavy atom. The van der Waals surface area contributed by atoms with Gasteiger partial charge in [0.25, 0.3) is 5.91 Å². The summed E-state index contributed by atoms with van der Waals surface area (Å²) in [5, 5.41) is 15.6. The molecule has 1 saturated heterocycles. The number of carbonyl (C=O) groups excluding carboxylic acids is 1. The molecular weight excluding hydrogens is 304 g/mol. The lowest BCUT2D eigenvalue weighted by molar-refractivity contribution is -0.139. The van der Waals surface area contributed by atoms with Crippen molar-refractivity contribution in [3.05, 3.63) is 30.2 Å². The second kappa shape index (κ2) is 6.25. The average Bonchev–Trinajstić information content (AvgIpc) is 3.18. The van der Waals surface area contributed by atoms with Gasteiger partial charge in [0.15, 0.2) is 11.5 Å². The maximum absolute atomic E-state index is 12.4. The number of hydrogen-bond donors (Lipinski definition) is 2. The number of aromatic nitrogens is 1. The maximum Gasteiger partial charge on any atom is 0.305 e. The lowest BCUT2D eigenvalue weighted by Gasteiger charge is -2.36. The Bertz CT molecular complexity index is 685. The van der Waals surface area contributed by atoms with E-state index in [1.165, 1.54) is 12.3 Å². The number of rotatable bonds is 5. The van der Waals surface area contributed by atoms with Crippen molar-refractivity contribution >= 4 is 11.9 Å². The molecule has 0 spiro atoms. The van der Waals surface area contributed by atoms with E-state index in [0.717, 1.165) is 0 Å². The van der Waals surface area contributed by atoms with Gasteiger partial charge >= 0.3 is 5.97 Å². The third kappa shape index (κ3) is 3.42. The van der Waals surface area contributed by atoms with Crippen LogP contribution in [-0.4, -0.2) is 40.9 Å². The van der Waals surface area contributed by atoms with Crippen molar-refractivity contribution in [1.82, 2.24) is 10.5 Å². The summed E-state index contributed by atoms with van der Waals surface area (Å²) in [6.07, 6.45) is 2.20. The van der Waals surface area contributed by atoms with E-state index in [0.29, 0.717) is 37.6 Å². The molecule has 1 amide bonds. The maximum atomic E-state index is 12.4. The molecule has 122 valence electrons. The van der Waals surface area contributed by atoms with Crippen molar-refractivity contribution < 1.29 is 28.4 Å². The Labute approximate surface area is 131 Å². The fourth-order valence-electron chi connectivity index (χ4n) is 2.62. The van der Waals surface area contributed by atoms with Gasteiger partial charge < -0.3 is 24.1 Å². The van der Waals surface area contributed by atoms with Crippen LogP contribution in [0.3, 0.4) is 0 Å². The molecule has 1 aliphatic heterocycles. The lowest BCUT2D eigenvalue weighted by Crippen LogP contribution is -2.53. The normalized spacial score (nSPS) is 16.9. The fraction of sp³-hybridized carbons (Fsp3) is 0.400. The summed E-state index contributed by atoms with van der Waals surface area (Å²) >= 11 is 0. The van der Waals surface area contributed by atoms with Crippen LogP contribution in [0.4, 0.5) is 0 Å². The van der Waals surface area contributed by atoms with E-state index in [-0.39, 0.29) is 12.1 Å². The third-order valence-corrected chi connectivity index (χ3v) is 3.83. The second-order valence-corrected chi connectivity index (χ2v) is 5.47. The lowest BCUT2D eigenvalue weighted by atomic mass is 9.86. The van der Waals surface area contributed by atoms with Gasteiger partial charge in [-0.2, -0.15) is 0 Å². The molecule has 2 aromatic rings. The molecule has 2 aromatic heterocycles. The van der Waals surface area contributed by atoms with E-state index >= 15 is 0 Å². The van der Waals surface area contributed by atoms with Gasteiger partial charge in [0, 0.05) is 19.3 Å². The summed E-state index contributed by atoms with van der Waals surface area (Å²) < 4.78 is 15.5. The largest absolute Gasteiger partial charge is 0.481 e. The SMILES string of the molecule is O=C(O)CC1(NC(=O)c2cc(-c3ccco3)on2)CCOCC1. The summed E-state index contributed by atoms with van der Waals surface area (Å²) in [6, 6.07) is 4.84. The van der Waals surface area contributed by atoms with E-state index in [4.69, 9.17) is 18.8 Å². The average molecular weight is 320 g/mol. The molecule has 0 bridgehead atoms. The summed E-state index contributed by atoms with van der Waals surface area (Å²) in [7, 11) is 0. The predicted molar refractivity (Wildman–Crippen MR) is 76.7 cm³/mol. The van der Waals surface area contributed by atoms with Crippen molar-refractivity contribution in [3.63, 3.8) is 0 Å². The summed E-state index contributed by atoms with van der Waals surface area (Å²) in [4.78, 5) is 23.5. The minimum absolute atomic E-state index is 0.0765. The molecule has 23 heavy (non-hydrogen) atoms. The Morgan fingerprint density at radius 1 is 1.30 bits per heavy atom. The number of nitrogens with one attached hydrogen (secondary N) is 1. The van der Waals surface area contributed by atoms with Crippen molar-refractivity contribution in [1.29, 1.82) is 0 Å². The molecule has 1 aliphatic rings. The molecule has 3 heterocycles. The van der Waals surface area contributed by atoms with Gasteiger partial charge in [-0.25, -0.2) is 0 Å². The molecule has 0 saturated carbocycles. The molecule has 8 nitrogen and oxygen atoms in total. The molecule has 1 fully saturated rings. The number of ether oxygens (including phenoxy) is 1. The summed E-state index contributed by atoms with van der Waals surface area (Å²) in [5.74, 6) is -0.652. The molecule has 0 aliphatic carbocycles. The fourth-order valence-corrected chi connectivity index (χ4v) is 2.62. The van der Waals surface area contributed by atoms with Gasteiger partial charge in [0.1, 0.15) is 0 Å². The van der Waals surface area contributed by atoms with Gasteiger partial charge in [0.05, 0.1) is 18.2 Å². The number of hydrogen-bond acceptors (Lipinski definition) is 6. The monoisotopic (exact) mass is 320 g/mol. The first kappa shape index (κ1) is 15.3. The van der Waals surface area contributed by atoms with Gasteiger partial charge in [-0.05, 0) is 25.0 Å². The first-order valence-corrected chi connectivity index (χ1v) is 7.21. The highest BCUT2D eigenvalue weighted by atomic mass is 16.5. The number of carboxylic acid groups (broad SMARTS) is 1. The third-order valence-electron chi connectivity index (χ3n) is 3.83. The van der Waals surface area contributed by atoms with E-state index in [1.54, 1.807) is 12.1 Å². The Kier molecular flexibility index (Phi) is 4.16. The van der Waals surface area contributed by atoms with Crippen LogP contribution in [0.25, 0.3) is 11.5 Å². The summed E-state index contributed by atoms with van der Waals surface area (Å²) in [5.41, 5.74) is -0.752. The van der Waals surface area contributed by atoms with Crippen molar-refractivity contribution in [2.45, 2.75) is 24.8 Å². The van der Waals surface area contributed by atoms with E-state index in [1.807, 2.05) is 0 Å². The summed E-state index contributed by atoms with van der Waals surface area (Å²) in [6.45, 7) is 0.814. The number of amides is 1. The van der Waals surface area contributed by atoms with Crippen LogP contribution in [0.1, 0.15) is 29.8 Å². The number of aliphatic carboxylic acids is 1. The highest BCUT2D eigenvalue weighted by Crippen LogP contribution is 2.26. The molecule has 2 N–H and O–H groups in total. The molecule has 0 aromatic carbocycles. The van der Waals surface area contributed by atoms with Crippen molar-refractivity contribution in [2.75, 3.05) is 13.2 Å². The first-order chi connectivity index (χ1) is 11.1. The quantitative estimate of drug-likeness (QED) is 0.861. The number of nitrogens with zero attached hydrogens (tertiary/aromatic N) is 1. The first-order valence-electron chi connectivity index (χ1n) is 7.21. The van der Waals surface area contributed by atoms with Gasteiger partial charge in [-0.1, -0.05) is 5.16 Å². The van der Waals surface area contributed by atoms with Crippen LogP contribution < -0.4 is 5.32 Å². The minimum atomic E-state index is -0.969. The van der Waals surface area contributed by atoms with Crippen LogP contribution >= 0.6 is 0 Å². The zero-order valence-corrected chi connectivity index (χ0v) is 12.3. The van der Waals surface area contributed by atoms with Crippen LogP contribution in [0.2, 0.25) is 0 Å². The van der Waals surface area contributed by atoms with Crippen LogP contribution in [0, 0.1) is 0 Å². The topological polar surface area (TPSA) is 115 Å². The molecular formula is C15H16N2O6. The molecule has 0 atom stereocenters. The zero-order chi connectivity index (χ0) is 16.3. The highest BCUT2D eigenvalue weighted by Gasteiger charge is 2.37. The van der Waals surface area contributed by atoms with Gasteiger partial charge in [0.2, 0.25) is 5.76 Å². The Morgan fingerprint density at radius 3 is 2.74 bits per heavy atom. The van der Waals surface area contributed by atoms with E-state index in [2.05, 4.69) is 10.5 Å². The Balaban J connectivity index is 1.75. The van der Waals surface area contributed by atoms with Crippen molar-refractivity contribution in [2.24, 2.45) is 0 Å². The van der Waals surface area contributed by atoms with Crippen LogP contribution in [-0.2, 0) is 9.53 Å². The minimum Gasteiger partial charge on any atom is -0.481 e. The molecule has 0 unspecified atom stereocenters. The van der Waals surface area contributed by atoms with E-state index in [9.17, 15) is 9.59 Å². The van der Waals surface area contributed by atoms with Crippen LogP contribution in [0.5, 0.6) is 0 Å². The molecule has 0 radical (unpaired) electrons. The zero-order valence-electron chi connectivity index (χ0n) is 12.3. The predicted octanol–water partition coefficient (Wildman–Crippen LogP) is 1.69. The van der Waals surface area contributed by atoms with Crippen LogP contribution in [0.15, 0.2) is 33.4 Å². The molecule has 3 rings (SSSR count). The van der Waals surface area contributed by atoms with Gasteiger partial charge in [-0.3, -0.25) is 9.59 Å². The Hall–Kier alpha value is -2.61. The number of carboxylic acids is 1.